The Balaban J connectivity index is 2.60. The minimum absolute atomic E-state index is 0.302. The van der Waals surface area contributed by atoms with Crippen molar-refractivity contribution in [3.8, 4) is 0 Å². The lowest BCUT2D eigenvalue weighted by Crippen LogP contribution is -2.48. The summed E-state index contributed by atoms with van der Waals surface area (Å²) in [5.74, 6) is 0.0588. The molecule has 1 rings (SSSR count). The number of rotatable bonds is 2. The maximum Gasteiger partial charge on any atom is 0.320 e. The first-order valence-electron chi connectivity index (χ1n) is 4.59. The zero-order valence-corrected chi connectivity index (χ0v) is 7.71. The van der Waals surface area contributed by atoms with Gasteiger partial charge in [0.2, 0.25) is 0 Å². The zero-order valence-electron chi connectivity index (χ0n) is 7.71. The van der Waals surface area contributed by atoms with Gasteiger partial charge in [-0.05, 0) is 31.2 Å². The monoisotopic (exact) mass is 171 g/mol. The van der Waals surface area contributed by atoms with Crippen LogP contribution in [0.3, 0.4) is 0 Å². The van der Waals surface area contributed by atoms with E-state index in [1.165, 1.54) is 0 Å². The molecule has 3 nitrogen and oxygen atoms in total. The summed E-state index contributed by atoms with van der Waals surface area (Å²) in [4.78, 5) is 10.8. The number of aliphatic carboxylic acids is 1. The number of carbonyl (C=O) groups is 1. The first-order chi connectivity index (χ1) is 5.63. The molecule has 0 aliphatic carbocycles. The Bertz CT molecular complexity index is 168. The highest BCUT2D eigenvalue weighted by Crippen LogP contribution is 2.24. The molecule has 0 aromatic carbocycles. The molecule has 12 heavy (non-hydrogen) atoms. The molecule has 0 aromatic heterocycles. The van der Waals surface area contributed by atoms with E-state index in [0.717, 1.165) is 19.4 Å². The van der Waals surface area contributed by atoms with E-state index in [0.29, 0.717) is 11.8 Å². The van der Waals surface area contributed by atoms with Crippen molar-refractivity contribution in [3.05, 3.63) is 0 Å². The molecular weight excluding hydrogens is 154 g/mol. The van der Waals surface area contributed by atoms with Crippen LogP contribution >= 0.6 is 0 Å². The number of hydrogen-bond donors (Lipinski definition) is 2. The van der Waals surface area contributed by atoms with Gasteiger partial charge < -0.3 is 10.4 Å². The Morgan fingerprint density at radius 3 is 2.67 bits per heavy atom. The predicted molar refractivity (Wildman–Crippen MR) is 47.0 cm³/mol. The predicted octanol–water partition coefficient (Wildman–Crippen LogP) is 1.10. The summed E-state index contributed by atoms with van der Waals surface area (Å²) in [5, 5.41) is 11.9. The molecule has 2 N–H and O–H groups in total. The number of carboxylic acids is 1. The van der Waals surface area contributed by atoms with Gasteiger partial charge in [-0.2, -0.15) is 0 Å². The molecule has 70 valence electrons. The second-order valence-electron chi connectivity index (χ2n) is 3.82. The number of nitrogens with one attached hydrogen (secondary N) is 1. The van der Waals surface area contributed by atoms with E-state index < -0.39 is 5.97 Å². The van der Waals surface area contributed by atoms with Crippen LogP contribution in [0.4, 0.5) is 0 Å². The van der Waals surface area contributed by atoms with E-state index in [4.69, 9.17) is 5.11 Å². The van der Waals surface area contributed by atoms with Gasteiger partial charge >= 0.3 is 5.97 Å². The second kappa shape index (κ2) is 3.90. The Morgan fingerprint density at radius 1 is 1.58 bits per heavy atom. The Hall–Kier alpha value is -0.570. The minimum Gasteiger partial charge on any atom is -0.480 e. The molecule has 1 aliphatic heterocycles. The molecule has 2 unspecified atom stereocenters. The van der Waals surface area contributed by atoms with Gasteiger partial charge in [0.05, 0.1) is 0 Å². The van der Waals surface area contributed by atoms with Gasteiger partial charge in [0, 0.05) is 0 Å². The number of piperidine rings is 1. The fourth-order valence-corrected chi connectivity index (χ4v) is 1.90. The fraction of sp³-hybridized carbons (Fsp3) is 0.889. The van der Waals surface area contributed by atoms with Crippen LogP contribution in [0, 0.1) is 11.8 Å². The summed E-state index contributed by atoms with van der Waals surface area (Å²) >= 11 is 0. The Labute approximate surface area is 73.2 Å². The van der Waals surface area contributed by atoms with Crippen molar-refractivity contribution < 1.29 is 9.90 Å². The van der Waals surface area contributed by atoms with Gasteiger partial charge in [0.15, 0.2) is 0 Å². The third-order valence-corrected chi connectivity index (χ3v) is 2.63. The molecule has 2 atom stereocenters. The summed E-state index contributed by atoms with van der Waals surface area (Å²) in [6.45, 7) is 5.03. The molecule has 0 amide bonds. The topological polar surface area (TPSA) is 49.3 Å². The van der Waals surface area contributed by atoms with Crippen molar-refractivity contribution in [3.63, 3.8) is 0 Å². The van der Waals surface area contributed by atoms with Crippen LogP contribution in [0.15, 0.2) is 0 Å². The number of carboxylic acid groups (broad SMARTS) is 1. The zero-order chi connectivity index (χ0) is 9.14. The van der Waals surface area contributed by atoms with Crippen molar-refractivity contribution in [2.45, 2.75) is 32.7 Å². The lowest BCUT2D eigenvalue weighted by Gasteiger charge is -2.32. The van der Waals surface area contributed by atoms with Crippen molar-refractivity contribution >= 4 is 5.97 Å². The number of hydrogen-bond acceptors (Lipinski definition) is 2. The van der Waals surface area contributed by atoms with Gasteiger partial charge in [-0.3, -0.25) is 4.79 Å². The van der Waals surface area contributed by atoms with Crippen LogP contribution in [0.5, 0.6) is 0 Å². The first kappa shape index (κ1) is 9.52. The van der Waals surface area contributed by atoms with Crippen molar-refractivity contribution in [2.24, 2.45) is 11.8 Å². The molecule has 0 bridgehead atoms. The summed E-state index contributed by atoms with van der Waals surface area (Å²) in [7, 11) is 0. The molecule has 0 saturated carbocycles. The third-order valence-electron chi connectivity index (χ3n) is 2.63. The highest BCUT2D eigenvalue weighted by molar-refractivity contribution is 5.74. The van der Waals surface area contributed by atoms with E-state index in [1.54, 1.807) is 0 Å². The van der Waals surface area contributed by atoms with E-state index in [1.807, 2.05) is 0 Å². The average molecular weight is 171 g/mol. The first-order valence-corrected chi connectivity index (χ1v) is 4.59. The lowest BCUT2D eigenvalue weighted by molar-refractivity contribution is -0.142. The SMILES string of the molecule is CC(C)C1CCCNC1C(=O)O. The molecule has 1 saturated heterocycles. The highest BCUT2D eigenvalue weighted by Gasteiger charge is 2.32. The van der Waals surface area contributed by atoms with Crippen molar-refractivity contribution in [1.29, 1.82) is 0 Å². The lowest BCUT2D eigenvalue weighted by atomic mass is 9.82. The summed E-state index contributed by atoms with van der Waals surface area (Å²) in [6.07, 6.45) is 2.15. The van der Waals surface area contributed by atoms with E-state index in [2.05, 4.69) is 19.2 Å². The average Bonchev–Trinajstić information content (AvgIpc) is 2.04. The second-order valence-corrected chi connectivity index (χ2v) is 3.82. The normalized spacial score (nSPS) is 30.6. The van der Waals surface area contributed by atoms with Gasteiger partial charge in [-0.15, -0.1) is 0 Å². The quantitative estimate of drug-likeness (QED) is 0.654. The van der Waals surface area contributed by atoms with Crippen LogP contribution in [0.1, 0.15) is 26.7 Å². The van der Waals surface area contributed by atoms with Crippen LogP contribution in [-0.2, 0) is 4.79 Å². The largest absolute Gasteiger partial charge is 0.480 e. The van der Waals surface area contributed by atoms with Gasteiger partial charge in [0.1, 0.15) is 6.04 Å². The smallest absolute Gasteiger partial charge is 0.320 e. The molecular formula is C9H17NO2. The van der Waals surface area contributed by atoms with E-state index in [-0.39, 0.29) is 6.04 Å². The molecule has 1 fully saturated rings. The van der Waals surface area contributed by atoms with Crippen molar-refractivity contribution in [2.75, 3.05) is 6.54 Å². The summed E-state index contributed by atoms with van der Waals surface area (Å²) in [5.41, 5.74) is 0. The van der Waals surface area contributed by atoms with Gasteiger partial charge in [-0.1, -0.05) is 13.8 Å². The maximum atomic E-state index is 10.8. The molecule has 0 radical (unpaired) electrons. The summed E-state index contributed by atoms with van der Waals surface area (Å²) in [6, 6.07) is -0.321. The van der Waals surface area contributed by atoms with Crippen LogP contribution in [0.25, 0.3) is 0 Å². The van der Waals surface area contributed by atoms with E-state index >= 15 is 0 Å². The molecule has 0 aromatic rings. The van der Waals surface area contributed by atoms with Crippen LogP contribution in [0.2, 0.25) is 0 Å². The van der Waals surface area contributed by atoms with Crippen LogP contribution in [-0.4, -0.2) is 23.7 Å². The standard InChI is InChI=1S/C9H17NO2/c1-6(2)7-4-3-5-10-8(7)9(11)12/h6-8,10H,3-5H2,1-2H3,(H,11,12). The third kappa shape index (κ3) is 1.97. The molecule has 3 heteroatoms. The van der Waals surface area contributed by atoms with E-state index in [9.17, 15) is 4.79 Å². The Morgan fingerprint density at radius 2 is 2.25 bits per heavy atom. The summed E-state index contributed by atoms with van der Waals surface area (Å²) < 4.78 is 0. The molecule has 1 heterocycles. The van der Waals surface area contributed by atoms with Crippen LogP contribution < -0.4 is 5.32 Å². The fourth-order valence-electron chi connectivity index (χ4n) is 1.90. The van der Waals surface area contributed by atoms with Gasteiger partial charge in [0.25, 0.3) is 0 Å². The maximum absolute atomic E-state index is 10.8. The van der Waals surface area contributed by atoms with Crippen molar-refractivity contribution in [1.82, 2.24) is 5.32 Å². The minimum atomic E-state index is -0.701. The molecule has 1 aliphatic rings. The Kier molecular flexibility index (Phi) is 3.09. The highest BCUT2D eigenvalue weighted by atomic mass is 16.4. The molecule has 0 spiro atoms. The van der Waals surface area contributed by atoms with Gasteiger partial charge in [-0.25, -0.2) is 0 Å².